The third-order valence-corrected chi connectivity index (χ3v) is 6.90. The van der Waals surface area contributed by atoms with Crippen molar-refractivity contribution in [2.45, 2.75) is 71.3 Å². The van der Waals surface area contributed by atoms with Gasteiger partial charge in [-0.3, -0.25) is 4.79 Å². The van der Waals surface area contributed by atoms with Gasteiger partial charge in [-0.05, 0) is 50.7 Å². The summed E-state index contributed by atoms with van der Waals surface area (Å²) in [5, 5.41) is 9.00. The van der Waals surface area contributed by atoms with Gasteiger partial charge >= 0.3 is 0 Å². The fourth-order valence-electron chi connectivity index (χ4n) is 4.31. The van der Waals surface area contributed by atoms with Crippen LogP contribution in [0.3, 0.4) is 0 Å². The number of aryl methyl sites for hydroxylation is 3. The fourth-order valence-corrected chi connectivity index (χ4v) is 5.40. The second-order valence-corrected chi connectivity index (χ2v) is 8.83. The van der Waals surface area contributed by atoms with E-state index in [4.69, 9.17) is 0 Å². The van der Waals surface area contributed by atoms with Crippen molar-refractivity contribution < 1.29 is 4.79 Å². The van der Waals surface area contributed by atoms with Crippen LogP contribution in [0, 0.1) is 6.92 Å². The largest absolute Gasteiger partial charge is 0.337 e. The van der Waals surface area contributed by atoms with E-state index in [1.165, 1.54) is 29.7 Å². The van der Waals surface area contributed by atoms with Crippen molar-refractivity contribution in [3.63, 3.8) is 0 Å². The molecule has 4 heterocycles. The Balaban J connectivity index is 1.52. The first-order valence-electron chi connectivity index (χ1n) is 9.98. The molecule has 2 aliphatic rings. The Labute approximate surface area is 159 Å². The highest BCUT2D eigenvalue weighted by Gasteiger charge is 2.30. The van der Waals surface area contributed by atoms with Gasteiger partial charge in [-0.15, -0.1) is 21.5 Å². The number of piperidine rings is 1. The Kier molecular flexibility index (Phi) is 5.11. The van der Waals surface area contributed by atoms with E-state index < -0.39 is 0 Å². The highest BCUT2D eigenvalue weighted by molar-refractivity contribution is 7.14. The van der Waals surface area contributed by atoms with Gasteiger partial charge in [-0.1, -0.05) is 13.3 Å². The molecule has 6 heteroatoms. The van der Waals surface area contributed by atoms with E-state index in [2.05, 4.69) is 34.7 Å². The molecule has 2 aromatic heterocycles. The van der Waals surface area contributed by atoms with E-state index in [1.54, 1.807) is 11.3 Å². The number of hydrogen-bond donors (Lipinski definition) is 0. The molecule has 0 aromatic carbocycles. The normalized spacial score (nSPS) is 20.7. The molecule has 1 fully saturated rings. The molecule has 0 saturated carbocycles. The molecule has 1 amide bonds. The van der Waals surface area contributed by atoms with E-state index in [1.807, 2.05) is 4.90 Å². The predicted octanol–water partition coefficient (Wildman–Crippen LogP) is 3.96. The number of rotatable bonds is 3. The molecule has 0 spiro atoms. The average Bonchev–Trinajstić information content (AvgIpc) is 3.16. The van der Waals surface area contributed by atoms with Crippen LogP contribution in [0.25, 0.3) is 0 Å². The lowest BCUT2D eigenvalue weighted by Crippen LogP contribution is -2.39. The summed E-state index contributed by atoms with van der Waals surface area (Å²) in [5.74, 6) is 2.76. The molecular weight excluding hydrogens is 344 g/mol. The predicted molar refractivity (Wildman–Crippen MR) is 104 cm³/mol. The Hall–Kier alpha value is -1.69. The van der Waals surface area contributed by atoms with Crippen molar-refractivity contribution in [2.75, 3.05) is 13.1 Å². The van der Waals surface area contributed by atoms with Crippen LogP contribution in [0.15, 0.2) is 6.07 Å². The highest BCUT2D eigenvalue weighted by atomic mass is 32.1. The van der Waals surface area contributed by atoms with Crippen molar-refractivity contribution in [3.8, 4) is 0 Å². The van der Waals surface area contributed by atoms with Gasteiger partial charge in [-0.25, -0.2) is 0 Å². The van der Waals surface area contributed by atoms with Crippen LogP contribution in [-0.4, -0.2) is 38.7 Å². The molecule has 0 N–H and O–H groups in total. The summed E-state index contributed by atoms with van der Waals surface area (Å²) in [6, 6.07) is 2.09. The van der Waals surface area contributed by atoms with Crippen molar-refractivity contribution >= 4 is 17.2 Å². The third kappa shape index (κ3) is 3.31. The second kappa shape index (κ2) is 7.51. The molecule has 0 aliphatic carbocycles. The number of hydrogen-bond acceptors (Lipinski definition) is 4. The van der Waals surface area contributed by atoms with Crippen LogP contribution in [0.2, 0.25) is 0 Å². The summed E-state index contributed by atoms with van der Waals surface area (Å²) >= 11 is 1.64. The van der Waals surface area contributed by atoms with Gasteiger partial charge in [0.1, 0.15) is 11.6 Å². The van der Waals surface area contributed by atoms with Crippen LogP contribution in [0.5, 0.6) is 0 Å². The van der Waals surface area contributed by atoms with Gasteiger partial charge in [0.2, 0.25) is 0 Å². The number of amides is 1. The summed E-state index contributed by atoms with van der Waals surface area (Å²) in [5.41, 5.74) is 1.30. The lowest BCUT2D eigenvalue weighted by Gasteiger charge is -2.32. The maximum absolute atomic E-state index is 13.0. The monoisotopic (exact) mass is 372 g/mol. The molecule has 2 aromatic rings. The molecule has 5 nitrogen and oxygen atoms in total. The number of thiophene rings is 1. The van der Waals surface area contributed by atoms with E-state index in [-0.39, 0.29) is 5.91 Å². The number of fused-ring (bicyclic) bond motifs is 1. The smallest absolute Gasteiger partial charge is 0.263 e. The highest BCUT2D eigenvalue weighted by Crippen LogP contribution is 2.30. The topological polar surface area (TPSA) is 51.0 Å². The zero-order valence-corrected chi connectivity index (χ0v) is 16.6. The van der Waals surface area contributed by atoms with Crippen LogP contribution in [0.4, 0.5) is 0 Å². The minimum absolute atomic E-state index is 0.193. The summed E-state index contributed by atoms with van der Waals surface area (Å²) in [7, 11) is 0. The van der Waals surface area contributed by atoms with E-state index in [0.29, 0.717) is 5.92 Å². The number of likely N-dealkylation sites (tertiary alicyclic amines) is 1. The Morgan fingerprint density at radius 3 is 2.92 bits per heavy atom. The fraction of sp³-hybridized carbons (Fsp3) is 0.650. The quantitative estimate of drug-likeness (QED) is 0.819. The SMILES string of the molecule is CCc1cc(C(=O)N2CCCC(c3nnc4n3CCCCC4)C2)sc1C. The molecule has 1 atom stereocenters. The van der Waals surface area contributed by atoms with Crippen LogP contribution >= 0.6 is 11.3 Å². The van der Waals surface area contributed by atoms with Crippen molar-refractivity contribution in [3.05, 3.63) is 33.0 Å². The van der Waals surface area contributed by atoms with Crippen molar-refractivity contribution in [2.24, 2.45) is 0 Å². The van der Waals surface area contributed by atoms with Gasteiger partial charge in [0.25, 0.3) is 5.91 Å². The van der Waals surface area contributed by atoms with Crippen molar-refractivity contribution in [1.82, 2.24) is 19.7 Å². The van der Waals surface area contributed by atoms with E-state index in [0.717, 1.165) is 61.8 Å². The molecule has 1 saturated heterocycles. The lowest BCUT2D eigenvalue weighted by atomic mass is 9.96. The third-order valence-electron chi connectivity index (χ3n) is 5.82. The van der Waals surface area contributed by atoms with Gasteiger partial charge in [0.05, 0.1) is 4.88 Å². The van der Waals surface area contributed by atoms with Crippen LogP contribution < -0.4 is 0 Å². The molecule has 2 aliphatic heterocycles. The maximum Gasteiger partial charge on any atom is 0.263 e. The van der Waals surface area contributed by atoms with E-state index >= 15 is 0 Å². The number of carbonyl (C=O) groups excluding carboxylic acids is 1. The van der Waals surface area contributed by atoms with E-state index in [9.17, 15) is 4.79 Å². The summed E-state index contributed by atoms with van der Waals surface area (Å²) in [6.45, 7) is 6.93. The minimum atomic E-state index is 0.193. The Bertz CT molecular complexity index is 794. The summed E-state index contributed by atoms with van der Waals surface area (Å²) < 4.78 is 2.34. The van der Waals surface area contributed by atoms with Crippen LogP contribution in [-0.2, 0) is 19.4 Å². The summed E-state index contributed by atoms with van der Waals surface area (Å²) in [6.07, 6.45) is 7.87. The van der Waals surface area contributed by atoms with Crippen LogP contribution in [0.1, 0.15) is 76.7 Å². The molecular formula is C20H28N4OS. The lowest BCUT2D eigenvalue weighted by molar-refractivity contribution is 0.0708. The zero-order chi connectivity index (χ0) is 18.1. The zero-order valence-electron chi connectivity index (χ0n) is 15.8. The number of carbonyl (C=O) groups is 1. The number of nitrogens with zero attached hydrogens (tertiary/aromatic N) is 4. The summed E-state index contributed by atoms with van der Waals surface area (Å²) in [4.78, 5) is 17.2. The molecule has 140 valence electrons. The van der Waals surface area contributed by atoms with Gasteiger partial charge in [0.15, 0.2) is 0 Å². The first-order chi connectivity index (χ1) is 12.7. The average molecular weight is 373 g/mol. The van der Waals surface area contributed by atoms with Gasteiger partial charge in [0, 0.05) is 36.9 Å². The van der Waals surface area contributed by atoms with Crippen molar-refractivity contribution in [1.29, 1.82) is 0 Å². The Morgan fingerprint density at radius 2 is 2.12 bits per heavy atom. The number of aromatic nitrogens is 3. The molecule has 1 unspecified atom stereocenters. The second-order valence-electron chi connectivity index (χ2n) is 7.57. The first kappa shape index (κ1) is 17.7. The molecule has 0 bridgehead atoms. The molecule has 26 heavy (non-hydrogen) atoms. The van der Waals surface area contributed by atoms with Gasteiger partial charge in [-0.2, -0.15) is 0 Å². The van der Waals surface area contributed by atoms with Gasteiger partial charge < -0.3 is 9.47 Å². The molecule has 0 radical (unpaired) electrons. The first-order valence-corrected chi connectivity index (χ1v) is 10.8. The standard InChI is InChI=1S/C20H28N4OS/c1-3-15-12-17(26-14(15)2)20(25)23-10-7-8-16(13-23)19-22-21-18-9-5-4-6-11-24(18)19/h12,16H,3-11,13H2,1-2H3. The maximum atomic E-state index is 13.0. The minimum Gasteiger partial charge on any atom is -0.337 e. The Morgan fingerprint density at radius 1 is 1.23 bits per heavy atom. The molecule has 4 rings (SSSR count).